The number of rotatable bonds is 6. The zero-order valence-electron chi connectivity index (χ0n) is 15.3. The van der Waals surface area contributed by atoms with Crippen LogP contribution in [-0.2, 0) is 0 Å². The van der Waals surface area contributed by atoms with Crippen molar-refractivity contribution in [2.24, 2.45) is 5.92 Å². The van der Waals surface area contributed by atoms with Gasteiger partial charge in [0.25, 0.3) is 0 Å². The molecule has 1 fully saturated rings. The molecule has 0 saturated carbocycles. The highest BCUT2D eigenvalue weighted by Gasteiger charge is 2.13. The zero-order valence-corrected chi connectivity index (χ0v) is 16.0. The Morgan fingerprint density at radius 2 is 2.04 bits per heavy atom. The number of aromatic nitrogens is 4. The second-order valence-corrected chi connectivity index (χ2v) is 7.22. The Balaban J connectivity index is 1.49. The first-order chi connectivity index (χ1) is 13.7. The lowest BCUT2D eigenvalue weighted by atomic mass is 9.95. The van der Waals surface area contributed by atoms with Gasteiger partial charge in [0.2, 0.25) is 5.95 Å². The Morgan fingerprint density at radius 3 is 2.86 bits per heavy atom. The molecule has 0 unspecified atom stereocenters. The van der Waals surface area contributed by atoms with E-state index in [1.54, 1.807) is 12.3 Å². The van der Waals surface area contributed by atoms with Crippen LogP contribution in [0, 0.1) is 11.7 Å². The molecule has 0 amide bonds. The van der Waals surface area contributed by atoms with Crippen molar-refractivity contribution in [1.82, 2.24) is 25.3 Å². The Labute approximate surface area is 167 Å². The van der Waals surface area contributed by atoms with E-state index in [4.69, 9.17) is 11.6 Å². The third-order valence-corrected chi connectivity index (χ3v) is 5.14. The van der Waals surface area contributed by atoms with E-state index in [1.165, 1.54) is 31.3 Å². The molecule has 1 saturated heterocycles. The minimum Gasteiger partial charge on any atom is -0.354 e. The molecule has 146 valence electrons. The molecule has 4 rings (SSSR count). The number of hydrogen-bond donors (Lipinski definition) is 3. The lowest BCUT2D eigenvalue weighted by Crippen LogP contribution is -2.28. The molecule has 1 aliphatic heterocycles. The van der Waals surface area contributed by atoms with Gasteiger partial charge in [0.1, 0.15) is 23.2 Å². The van der Waals surface area contributed by atoms with Crippen LogP contribution in [0.2, 0.25) is 5.02 Å². The summed E-state index contributed by atoms with van der Waals surface area (Å²) in [5, 5.41) is 9.84. The summed E-state index contributed by atoms with van der Waals surface area (Å²) in [4.78, 5) is 17.4. The molecule has 7 nitrogen and oxygen atoms in total. The number of piperidine rings is 1. The van der Waals surface area contributed by atoms with E-state index in [1.807, 2.05) is 0 Å². The molecule has 28 heavy (non-hydrogen) atoms. The van der Waals surface area contributed by atoms with E-state index in [0.29, 0.717) is 28.5 Å². The minimum atomic E-state index is -0.470. The van der Waals surface area contributed by atoms with Gasteiger partial charge >= 0.3 is 0 Å². The number of anilines is 3. The van der Waals surface area contributed by atoms with Crippen LogP contribution in [0.15, 0.2) is 30.7 Å². The molecule has 3 N–H and O–H groups in total. The van der Waals surface area contributed by atoms with Crippen molar-refractivity contribution >= 4 is 40.1 Å². The van der Waals surface area contributed by atoms with Crippen LogP contribution >= 0.6 is 11.6 Å². The second kappa shape index (κ2) is 8.62. The molecule has 9 heteroatoms. The summed E-state index contributed by atoms with van der Waals surface area (Å²) in [6, 6.07) is 4.40. The first-order valence-corrected chi connectivity index (χ1v) is 9.71. The maximum Gasteiger partial charge on any atom is 0.223 e. The normalized spacial score (nSPS) is 14.9. The van der Waals surface area contributed by atoms with Gasteiger partial charge in [-0.15, -0.1) is 0 Å². The fourth-order valence-corrected chi connectivity index (χ4v) is 3.48. The lowest BCUT2D eigenvalue weighted by molar-refractivity contribution is 0.361. The molecule has 0 radical (unpaired) electrons. The first-order valence-electron chi connectivity index (χ1n) is 9.33. The number of nitrogens with one attached hydrogen (secondary N) is 3. The number of nitrogens with zero attached hydrogens (tertiary/aromatic N) is 4. The molecule has 1 aliphatic rings. The molecule has 0 aliphatic carbocycles. The molecule has 0 bridgehead atoms. The predicted octanol–water partition coefficient (Wildman–Crippen LogP) is 3.76. The topological polar surface area (TPSA) is 87.7 Å². The van der Waals surface area contributed by atoms with E-state index in [-0.39, 0.29) is 5.02 Å². The number of benzene rings is 1. The highest BCUT2D eigenvalue weighted by molar-refractivity contribution is 6.31. The van der Waals surface area contributed by atoms with Gasteiger partial charge in [-0.2, -0.15) is 0 Å². The smallest absolute Gasteiger partial charge is 0.223 e. The van der Waals surface area contributed by atoms with E-state index in [2.05, 4.69) is 35.9 Å². The van der Waals surface area contributed by atoms with Crippen LogP contribution in [-0.4, -0.2) is 39.6 Å². The fraction of sp³-hybridized carbons (Fsp3) is 0.368. The van der Waals surface area contributed by atoms with Crippen LogP contribution < -0.4 is 16.0 Å². The number of halogens is 2. The second-order valence-electron chi connectivity index (χ2n) is 6.81. The van der Waals surface area contributed by atoms with Crippen LogP contribution in [0.25, 0.3) is 11.0 Å². The first kappa shape index (κ1) is 18.8. The standard InChI is InChI=1S/C19H21ClFN7/c20-14-9-13(1-2-15(14)21)27-18-17-16(25-11-26-18)10-24-19(28-17)23-8-5-12-3-6-22-7-4-12/h1-2,9-12,22H,3-8H2,(H,23,24,28)(H,25,26,27). The van der Waals surface area contributed by atoms with Gasteiger partial charge in [-0.1, -0.05) is 11.6 Å². The lowest BCUT2D eigenvalue weighted by Gasteiger charge is -2.22. The van der Waals surface area contributed by atoms with E-state index in [9.17, 15) is 4.39 Å². The maximum atomic E-state index is 13.4. The van der Waals surface area contributed by atoms with E-state index < -0.39 is 5.82 Å². The summed E-state index contributed by atoms with van der Waals surface area (Å²) in [5.41, 5.74) is 1.82. The summed E-state index contributed by atoms with van der Waals surface area (Å²) >= 11 is 5.86. The van der Waals surface area contributed by atoms with Gasteiger partial charge in [-0.05, 0) is 56.5 Å². The van der Waals surface area contributed by atoms with Crippen molar-refractivity contribution < 1.29 is 4.39 Å². The third kappa shape index (κ3) is 4.45. The van der Waals surface area contributed by atoms with Crippen molar-refractivity contribution in [3.05, 3.63) is 41.6 Å². The number of hydrogen-bond acceptors (Lipinski definition) is 7. The van der Waals surface area contributed by atoms with Crippen molar-refractivity contribution in [3.8, 4) is 0 Å². The van der Waals surface area contributed by atoms with E-state index >= 15 is 0 Å². The Kier molecular flexibility index (Phi) is 5.78. The van der Waals surface area contributed by atoms with Gasteiger partial charge in [-0.3, -0.25) is 0 Å². The van der Waals surface area contributed by atoms with Crippen molar-refractivity contribution in [1.29, 1.82) is 0 Å². The van der Waals surface area contributed by atoms with Crippen LogP contribution in [0.4, 0.5) is 21.8 Å². The molecule has 3 aromatic rings. The zero-order chi connectivity index (χ0) is 19.3. The fourth-order valence-electron chi connectivity index (χ4n) is 3.30. The molecule has 2 aromatic heterocycles. The van der Waals surface area contributed by atoms with Gasteiger partial charge in [0.15, 0.2) is 5.82 Å². The maximum absolute atomic E-state index is 13.4. The monoisotopic (exact) mass is 401 g/mol. The highest BCUT2D eigenvalue weighted by Crippen LogP contribution is 2.25. The highest BCUT2D eigenvalue weighted by atomic mass is 35.5. The molecule has 0 spiro atoms. The molecule has 3 heterocycles. The molecular weight excluding hydrogens is 381 g/mol. The Bertz CT molecular complexity index is 962. The van der Waals surface area contributed by atoms with Crippen LogP contribution in [0.3, 0.4) is 0 Å². The van der Waals surface area contributed by atoms with Gasteiger partial charge in [0, 0.05) is 12.2 Å². The minimum absolute atomic E-state index is 0.0401. The third-order valence-electron chi connectivity index (χ3n) is 4.85. The van der Waals surface area contributed by atoms with Crippen LogP contribution in [0.5, 0.6) is 0 Å². The van der Waals surface area contributed by atoms with Crippen molar-refractivity contribution in [2.45, 2.75) is 19.3 Å². The Morgan fingerprint density at radius 1 is 1.18 bits per heavy atom. The van der Waals surface area contributed by atoms with Gasteiger partial charge in [0.05, 0.1) is 11.2 Å². The number of fused-ring (bicyclic) bond motifs is 1. The average Bonchev–Trinajstić information content (AvgIpc) is 2.72. The molecule has 0 atom stereocenters. The van der Waals surface area contributed by atoms with Crippen molar-refractivity contribution in [2.75, 3.05) is 30.3 Å². The largest absolute Gasteiger partial charge is 0.354 e. The van der Waals surface area contributed by atoms with Gasteiger partial charge < -0.3 is 16.0 Å². The molecular formula is C19H21ClFN7. The summed E-state index contributed by atoms with van der Waals surface area (Å²) in [6.07, 6.45) is 6.61. The van der Waals surface area contributed by atoms with E-state index in [0.717, 1.165) is 32.0 Å². The SMILES string of the molecule is Fc1ccc(Nc2ncnc3cnc(NCCC4CCNCC4)nc23)cc1Cl. The summed E-state index contributed by atoms with van der Waals surface area (Å²) in [5.74, 6) is 1.31. The summed E-state index contributed by atoms with van der Waals surface area (Å²) in [6.45, 7) is 3.01. The predicted molar refractivity (Wildman–Crippen MR) is 109 cm³/mol. The van der Waals surface area contributed by atoms with Crippen LogP contribution in [0.1, 0.15) is 19.3 Å². The summed E-state index contributed by atoms with van der Waals surface area (Å²) < 4.78 is 13.4. The molecule has 1 aromatic carbocycles. The van der Waals surface area contributed by atoms with Gasteiger partial charge in [-0.25, -0.2) is 24.3 Å². The quantitative estimate of drug-likeness (QED) is 0.579. The van der Waals surface area contributed by atoms with Crippen molar-refractivity contribution in [3.63, 3.8) is 0 Å². The Hall–Kier alpha value is -2.58. The average molecular weight is 402 g/mol. The summed E-state index contributed by atoms with van der Waals surface area (Å²) in [7, 11) is 0.